The van der Waals surface area contributed by atoms with Gasteiger partial charge in [0.25, 0.3) is 10.2 Å². The van der Waals surface area contributed by atoms with Gasteiger partial charge in [0.15, 0.2) is 0 Å². The average molecular weight is 392 g/mol. The van der Waals surface area contributed by atoms with Crippen LogP contribution in [0.25, 0.3) is 0 Å². The molecule has 4 rings (SSSR count). The van der Waals surface area contributed by atoms with Crippen LogP contribution < -0.4 is 0 Å². The lowest BCUT2D eigenvalue weighted by Gasteiger charge is -2.48. The minimum atomic E-state index is -3.38. The van der Waals surface area contributed by atoms with Crippen LogP contribution in [0.1, 0.15) is 43.2 Å². The van der Waals surface area contributed by atoms with Crippen molar-refractivity contribution in [3.63, 3.8) is 0 Å². The van der Waals surface area contributed by atoms with E-state index >= 15 is 0 Å². The number of hydrogen-bond acceptors (Lipinski definition) is 3. The van der Waals surface area contributed by atoms with E-state index in [1.807, 2.05) is 11.0 Å². The van der Waals surface area contributed by atoms with E-state index < -0.39 is 10.2 Å². The van der Waals surface area contributed by atoms with E-state index in [0.717, 1.165) is 12.8 Å². The van der Waals surface area contributed by atoms with Gasteiger partial charge in [-0.1, -0.05) is 24.3 Å². The third-order valence-corrected chi connectivity index (χ3v) is 8.36. The molecule has 1 aromatic rings. The van der Waals surface area contributed by atoms with Crippen molar-refractivity contribution in [1.82, 2.24) is 13.5 Å². The highest BCUT2D eigenvalue weighted by molar-refractivity contribution is 7.86. The van der Waals surface area contributed by atoms with Gasteiger partial charge < -0.3 is 4.90 Å². The maximum atomic E-state index is 12.8. The summed E-state index contributed by atoms with van der Waals surface area (Å²) in [5.74, 6) is 0.840. The van der Waals surface area contributed by atoms with E-state index in [0.29, 0.717) is 38.5 Å². The second kappa shape index (κ2) is 6.87. The van der Waals surface area contributed by atoms with E-state index in [-0.39, 0.29) is 11.3 Å². The summed E-state index contributed by atoms with van der Waals surface area (Å²) in [7, 11) is -0.229. The Bertz CT molecular complexity index is 825. The van der Waals surface area contributed by atoms with Crippen molar-refractivity contribution in [3.8, 4) is 0 Å². The summed E-state index contributed by atoms with van der Waals surface area (Å²) in [6, 6.07) is 8.39. The van der Waals surface area contributed by atoms with Crippen molar-refractivity contribution < 1.29 is 13.2 Å². The van der Waals surface area contributed by atoms with Gasteiger partial charge in [0.2, 0.25) is 5.91 Å². The van der Waals surface area contributed by atoms with Gasteiger partial charge in [-0.05, 0) is 42.7 Å². The highest BCUT2D eigenvalue weighted by Gasteiger charge is 2.45. The van der Waals surface area contributed by atoms with Gasteiger partial charge >= 0.3 is 0 Å². The van der Waals surface area contributed by atoms with Crippen LogP contribution in [0.5, 0.6) is 0 Å². The molecule has 7 heteroatoms. The fourth-order valence-corrected chi connectivity index (χ4v) is 5.67. The predicted molar refractivity (Wildman–Crippen MR) is 104 cm³/mol. The quantitative estimate of drug-likeness (QED) is 0.788. The molecule has 0 aromatic heterocycles. The fraction of sp³-hybridized carbons (Fsp3) is 0.650. The number of fused-ring (bicyclic) bond motifs is 2. The van der Waals surface area contributed by atoms with Crippen molar-refractivity contribution in [1.29, 1.82) is 0 Å². The van der Waals surface area contributed by atoms with Crippen LogP contribution >= 0.6 is 0 Å². The zero-order valence-electron chi connectivity index (χ0n) is 16.2. The zero-order chi connectivity index (χ0) is 19.2. The number of carbonyl (C=O) groups is 1. The number of benzene rings is 1. The monoisotopic (exact) mass is 391 g/mol. The van der Waals surface area contributed by atoms with Gasteiger partial charge in [-0.3, -0.25) is 4.79 Å². The van der Waals surface area contributed by atoms with E-state index in [9.17, 15) is 13.2 Å². The van der Waals surface area contributed by atoms with Crippen molar-refractivity contribution in [2.24, 2.45) is 5.92 Å². The number of carbonyl (C=O) groups excluding carboxylic acids is 1. The van der Waals surface area contributed by atoms with Crippen LogP contribution in [0.3, 0.4) is 0 Å². The summed E-state index contributed by atoms with van der Waals surface area (Å²) < 4.78 is 27.8. The molecule has 2 heterocycles. The molecule has 2 fully saturated rings. The Morgan fingerprint density at radius 3 is 2.48 bits per heavy atom. The lowest BCUT2D eigenvalue weighted by Crippen LogP contribution is -2.55. The number of amides is 1. The Morgan fingerprint density at radius 2 is 1.85 bits per heavy atom. The number of piperidine rings is 1. The van der Waals surface area contributed by atoms with Gasteiger partial charge in [0, 0.05) is 52.1 Å². The molecule has 1 spiro atoms. The Labute approximate surface area is 162 Å². The summed E-state index contributed by atoms with van der Waals surface area (Å²) in [6.07, 6.45) is 4.53. The third-order valence-electron chi connectivity index (χ3n) is 6.42. The molecule has 0 bridgehead atoms. The first-order valence-electron chi connectivity index (χ1n) is 9.86. The van der Waals surface area contributed by atoms with Crippen molar-refractivity contribution in [3.05, 3.63) is 35.4 Å². The lowest BCUT2D eigenvalue weighted by atomic mass is 9.69. The molecule has 6 nitrogen and oxygen atoms in total. The van der Waals surface area contributed by atoms with E-state index in [2.05, 4.69) is 18.2 Å². The topological polar surface area (TPSA) is 60.9 Å². The summed E-state index contributed by atoms with van der Waals surface area (Å²) in [5.41, 5.74) is 2.39. The normalized spacial score (nSPS) is 22.9. The summed E-state index contributed by atoms with van der Waals surface area (Å²) in [5, 5.41) is 0. The minimum Gasteiger partial charge on any atom is -0.337 e. The first-order chi connectivity index (χ1) is 12.8. The molecule has 0 radical (unpaired) electrons. The summed E-state index contributed by atoms with van der Waals surface area (Å²) in [4.78, 5) is 14.8. The standard InChI is InChI=1S/C20H29N3O3S/c1-21(2)27(25,26)23-11-9-20(10-12-23)15-22(19(24)13-16-7-8-16)14-17-5-3-4-6-18(17)20/h3-6,16H,7-15H2,1-2H3. The maximum Gasteiger partial charge on any atom is 0.281 e. The summed E-state index contributed by atoms with van der Waals surface area (Å²) in [6.45, 7) is 2.40. The molecule has 0 N–H and O–H groups in total. The molecule has 2 aliphatic heterocycles. The first kappa shape index (κ1) is 18.9. The molecule has 1 amide bonds. The second-order valence-corrected chi connectivity index (χ2v) is 10.7. The highest BCUT2D eigenvalue weighted by Crippen LogP contribution is 2.43. The minimum absolute atomic E-state index is 0.133. The SMILES string of the molecule is CN(C)S(=O)(=O)N1CCC2(CC1)CN(C(=O)CC1CC1)Cc1ccccc12. The molecular weight excluding hydrogens is 362 g/mol. The molecule has 3 aliphatic rings. The molecule has 27 heavy (non-hydrogen) atoms. The maximum absolute atomic E-state index is 12.8. The Kier molecular flexibility index (Phi) is 4.81. The molecule has 1 saturated carbocycles. The van der Waals surface area contributed by atoms with Crippen molar-refractivity contribution in [2.45, 2.75) is 44.1 Å². The van der Waals surface area contributed by atoms with E-state index in [1.165, 1.54) is 28.3 Å². The van der Waals surface area contributed by atoms with Crippen LogP contribution in [-0.2, 0) is 27.0 Å². The van der Waals surface area contributed by atoms with E-state index in [4.69, 9.17) is 0 Å². The van der Waals surface area contributed by atoms with Gasteiger partial charge in [-0.25, -0.2) is 0 Å². The van der Waals surface area contributed by atoms with Crippen LogP contribution in [0.15, 0.2) is 24.3 Å². The number of rotatable bonds is 4. The average Bonchev–Trinajstić information content (AvgIpc) is 3.46. The number of hydrogen-bond donors (Lipinski definition) is 0. The highest BCUT2D eigenvalue weighted by atomic mass is 32.2. The Morgan fingerprint density at radius 1 is 1.19 bits per heavy atom. The third kappa shape index (κ3) is 3.52. The fourth-order valence-electron chi connectivity index (χ4n) is 4.57. The number of nitrogens with zero attached hydrogens (tertiary/aromatic N) is 3. The molecule has 1 saturated heterocycles. The van der Waals surface area contributed by atoms with Gasteiger partial charge in [0.05, 0.1) is 0 Å². The second-order valence-electron chi connectivity index (χ2n) is 8.52. The van der Waals surface area contributed by atoms with Crippen LogP contribution in [0.4, 0.5) is 0 Å². The lowest BCUT2D eigenvalue weighted by molar-refractivity contribution is -0.134. The van der Waals surface area contributed by atoms with Crippen LogP contribution in [0.2, 0.25) is 0 Å². The predicted octanol–water partition coefficient (Wildman–Crippen LogP) is 1.97. The first-order valence-corrected chi connectivity index (χ1v) is 11.3. The van der Waals surface area contributed by atoms with Gasteiger partial charge in [-0.15, -0.1) is 0 Å². The van der Waals surface area contributed by atoms with Gasteiger partial charge in [0.1, 0.15) is 0 Å². The zero-order valence-corrected chi connectivity index (χ0v) is 17.0. The van der Waals surface area contributed by atoms with Gasteiger partial charge in [-0.2, -0.15) is 17.0 Å². The summed E-state index contributed by atoms with van der Waals surface area (Å²) >= 11 is 0. The molecular formula is C20H29N3O3S. The van der Waals surface area contributed by atoms with Crippen molar-refractivity contribution >= 4 is 16.1 Å². The van der Waals surface area contributed by atoms with Crippen LogP contribution in [0, 0.1) is 5.92 Å². The molecule has 0 atom stereocenters. The molecule has 1 aliphatic carbocycles. The smallest absolute Gasteiger partial charge is 0.281 e. The molecule has 0 unspecified atom stereocenters. The Balaban J connectivity index is 1.58. The van der Waals surface area contributed by atoms with Crippen molar-refractivity contribution in [2.75, 3.05) is 33.7 Å². The van der Waals surface area contributed by atoms with E-state index in [1.54, 1.807) is 18.4 Å². The largest absolute Gasteiger partial charge is 0.337 e. The molecule has 148 valence electrons. The molecule has 1 aromatic carbocycles. The Hall–Kier alpha value is -1.44. The van der Waals surface area contributed by atoms with Crippen LogP contribution in [-0.4, -0.2) is 61.6 Å².